The van der Waals surface area contributed by atoms with E-state index in [1.165, 1.54) is 22.5 Å². The Balaban J connectivity index is 2.30. The summed E-state index contributed by atoms with van der Waals surface area (Å²) < 4.78 is 26.3. The number of nitrogens with zero attached hydrogens (tertiary/aromatic N) is 3. The number of halogens is 1. The average molecular weight is 300 g/mol. The van der Waals surface area contributed by atoms with Crippen molar-refractivity contribution in [2.24, 2.45) is 0 Å². The standard InChI is InChI=1S/C12H14ClN3O2S/c1-15-4-6-16(7-5-15)19(17,18)11-3-2-10(9-14)12(13)8-11/h2-3,8H,4-7H2,1H3. The van der Waals surface area contributed by atoms with E-state index in [9.17, 15) is 8.42 Å². The maximum atomic E-state index is 12.4. The normalized spacial score (nSPS) is 18.2. The van der Waals surface area contributed by atoms with Gasteiger partial charge in [-0.2, -0.15) is 9.57 Å². The van der Waals surface area contributed by atoms with E-state index in [2.05, 4.69) is 4.90 Å². The lowest BCUT2D eigenvalue weighted by Gasteiger charge is -2.31. The highest BCUT2D eigenvalue weighted by Crippen LogP contribution is 2.23. The molecule has 0 spiro atoms. The molecule has 7 heteroatoms. The first-order chi connectivity index (χ1) is 8.95. The van der Waals surface area contributed by atoms with Gasteiger partial charge in [-0.3, -0.25) is 0 Å². The highest BCUT2D eigenvalue weighted by Gasteiger charge is 2.27. The number of benzene rings is 1. The molecular formula is C12H14ClN3O2S. The van der Waals surface area contributed by atoms with E-state index in [1.54, 1.807) is 0 Å². The SMILES string of the molecule is CN1CCN(S(=O)(=O)c2ccc(C#N)c(Cl)c2)CC1. The van der Waals surface area contributed by atoms with Gasteiger partial charge in [-0.1, -0.05) is 11.6 Å². The fourth-order valence-electron chi connectivity index (χ4n) is 1.92. The van der Waals surface area contributed by atoms with Crippen LogP contribution in [0.3, 0.4) is 0 Å². The van der Waals surface area contributed by atoms with Gasteiger partial charge in [0.25, 0.3) is 0 Å². The first-order valence-electron chi connectivity index (χ1n) is 5.83. The minimum absolute atomic E-state index is 0.140. The zero-order valence-corrected chi connectivity index (χ0v) is 12.1. The van der Waals surface area contributed by atoms with Gasteiger partial charge >= 0.3 is 0 Å². The molecule has 1 aliphatic heterocycles. The van der Waals surface area contributed by atoms with Crippen molar-refractivity contribution in [3.05, 3.63) is 28.8 Å². The second kappa shape index (κ2) is 5.47. The van der Waals surface area contributed by atoms with Crippen LogP contribution in [-0.2, 0) is 10.0 Å². The number of piperazine rings is 1. The summed E-state index contributed by atoms with van der Waals surface area (Å²) in [5, 5.41) is 8.95. The van der Waals surface area contributed by atoms with Crippen molar-refractivity contribution >= 4 is 21.6 Å². The molecule has 0 aromatic heterocycles. The molecule has 2 rings (SSSR count). The fourth-order valence-corrected chi connectivity index (χ4v) is 3.66. The second-order valence-electron chi connectivity index (χ2n) is 4.46. The molecule has 0 atom stereocenters. The number of likely N-dealkylation sites (N-methyl/N-ethyl adjacent to an activating group) is 1. The summed E-state index contributed by atoms with van der Waals surface area (Å²) in [5.74, 6) is 0. The van der Waals surface area contributed by atoms with E-state index in [0.29, 0.717) is 26.2 Å². The summed E-state index contributed by atoms with van der Waals surface area (Å²) in [7, 11) is -1.56. The lowest BCUT2D eigenvalue weighted by molar-refractivity contribution is 0.222. The zero-order valence-electron chi connectivity index (χ0n) is 10.5. The van der Waals surface area contributed by atoms with Crippen LogP contribution in [0.4, 0.5) is 0 Å². The number of hydrogen-bond donors (Lipinski definition) is 0. The van der Waals surface area contributed by atoms with E-state index in [4.69, 9.17) is 16.9 Å². The lowest BCUT2D eigenvalue weighted by atomic mass is 10.2. The summed E-state index contributed by atoms with van der Waals surface area (Å²) >= 11 is 5.88. The Bertz CT molecular complexity index is 616. The van der Waals surface area contributed by atoms with Crippen molar-refractivity contribution in [2.45, 2.75) is 4.90 Å². The van der Waals surface area contributed by atoms with Crippen LogP contribution in [0.5, 0.6) is 0 Å². The lowest BCUT2D eigenvalue weighted by Crippen LogP contribution is -2.47. The molecule has 0 amide bonds. The number of sulfonamides is 1. The molecular weight excluding hydrogens is 286 g/mol. The number of rotatable bonds is 2. The van der Waals surface area contributed by atoms with Crippen LogP contribution < -0.4 is 0 Å². The summed E-state index contributed by atoms with van der Waals surface area (Å²) in [6.45, 7) is 2.36. The molecule has 1 aromatic carbocycles. The summed E-state index contributed by atoms with van der Waals surface area (Å²) in [6.07, 6.45) is 0. The zero-order chi connectivity index (χ0) is 14.0. The van der Waals surface area contributed by atoms with Crippen LogP contribution in [0, 0.1) is 11.3 Å². The van der Waals surface area contributed by atoms with E-state index in [-0.39, 0.29) is 15.5 Å². The minimum Gasteiger partial charge on any atom is -0.304 e. The monoisotopic (exact) mass is 299 g/mol. The van der Waals surface area contributed by atoms with Gasteiger partial charge in [0.1, 0.15) is 6.07 Å². The number of hydrogen-bond acceptors (Lipinski definition) is 4. The van der Waals surface area contributed by atoms with Gasteiger partial charge in [0, 0.05) is 26.2 Å². The maximum absolute atomic E-state index is 12.4. The Morgan fingerprint density at radius 3 is 2.42 bits per heavy atom. The first-order valence-corrected chi connectivity index (χ1v) is 7.65. The Hall–Kier alpha value is -1.13. The molecule has 1 aromatic rings. The third-order valence-electron chi connectivity index (χ3n) is 3.16. The predicted molar refractivity (Wildman–Crippen MR) is 72.4 cm³/mol. The quantitative estimate of drug-likeness (QED) is 0.822. The smallest absolute Gasteiger partial charge is 0.243 e. The third-order valence-corrected chi connectivity index (χ3v) is 5.37. The maximum Gasteiger partial charge on any atom is 0.243 e. The van der Waals surface area contributed by atoms with Crippen molar-refractivity contribution in [1.82, 2.24) is 9.21 Å². The summed E-state index contributed by atoms with van der Waals surface area (Å²) in [6, 6.07) is 6.12. The van der Waals surface area contributed by atoms with Crippen molar-refractivity contribution < 1.29 is 8.42 Å². The van der Waals surface area contributed by atoms with E-state index < -0.39 is 10.0 Å². The Kier molecular flexibility index (Phi) is 4.11. The molecule has 0 aliphatic carbocycles. The Morgan fingerprint density at radius 1 is 1.26 bits per heavy atom. The van der Waals surface area contributed by atoms with Gasteiger partial charge in [-0.15, -0.1) is 0 Å². The summed E-state index contributed by atoms with van der Waals surface area (Å²) in [4.78, 5) is 2.22. The van der Waals surface area contributed by atoms with Gasteiger partial charge in [-0.25, -0.2) is 8.42 Å². The van der Waals surface area contributed by atoms with Gasteiger partial charge in [-0.05, 0) is 25.2 Å². The Labute approximate surface area is 118 Å². The molecule has 102 valence electrons. The molecule has 1 heterocycles. The predicted octanol–water partition coefficient (Wildman–Crippen LogP) is 1.15. The second-order valence-corrected chi connectivity index (χ2v) is 6.81. The Morgan fingerprint density at radius 2 is 1.89 bits per heavy atom. The molecule has 5 nitrogen and oxygen atoms in total. The van der Waals surface area contributed by atoms with Gasteiger partial charge in [0.15, 0.2) is 0 Å². The van der Waals surface area contributed by atoms with Crippen LogP contribution in [-0.4, -0.2) is 50.8 Å². The fraction of sp³-hybridized carbons (Fsp3) is 0.417. The minimum atomic E-state index is -3.52. The molecule has 0 saturated carbocycles. The van der Waals surface area contributed by atoms with Crippen molar-refractivity contribution in [1.29, 1.82) is 5.26 Å². The average Bonchev–Trinajstić information content (AvgIpc) is 2.39. The molecule has 0 unspecified atom stereocenters. The highest BCUT2D eigenvalue weighted by molar-refractivity contribution is 7.89. The van der Waals surface area contributed by atoms with Gasteiger partial charge < -0.3 is 4.90 Å². The van der Waals surface area contributed by atoms with Gasteiger partial charge in [0.05, 0.1) is 15.5 Å². The van der Waals surface area contributed by atoms with Crippen molar-refractivity contribution in [3.8, 4) is 6.07 Å². The molecule has 1 saturated heterocycles. The van der Waals surface area contributed by atoms with Crippen LogP contribution in [0.2, 0.25) is 5.02 Å². The van der Waals surface area contributed by atoms with E-state index in [0.717, 1.165) is 0 Å². The van der Waals surface area contributed by atoms with Crippen molar-refractivity contribution in [3.63, 3.8) is 0 Å². The third kappa shape index (κ3) is 2.90. The van der Waals surface area contributed by atoms with Crippen LogP contribution >= 0.6 is 11.6 Å². The molecule has 1 aliphatic rings. The van der Waals surface area contributed by atoms with E-state index >= 15 is 0 Å². The van der Waals surface area contributed by atoms with Crippen molar-refractivity contribution in [2.75, 3.05) is 33.2 Å². The van der Waals surface area contributed by atoms with Crippen LogP contribution in [0.15, 0.2) is 23.1 Å². The molecule has 0 radical (unpaired) electrons. The molecule has 0 bridgehead atoms. The highest BCUT2D eigenvalue weighted by atomic mass is 35.5. The van der Waals surface area contributed by atoms with E-state index in [1.807, 2.05) is 13.1 Å². The molecule has 19 heavy (non-hydrogen) atoms. The molecule has 0 N–H and O–H groups in total. The largest absolute Gasteiger partial charge is 0.304 e. The van der Waals surface area contributed by atoms with Crippen LogP contribution in [0.25, 0.3) is 0 Å². The summed E-state index contributed by atoms with van der Waals surface area (Å²) in [5.41, 5.74) is 0.277. The van der Waals surface area contributed by atoms with Crippen LogP contribution in [0.1, 0.15) is 5.56 Å². The first kappa shape index (κ1) is 14.3. The topological polar surface area (TPSA) is 64.4 Å². The molecule has 1 fully saturated rings. The number of nitriles is 1. The van der Waals surface area contributed by atoms with Gasteiger partial charge in [0.2, 0.25) is 10.0 Å².